The first-order valence-corrected chi connectivity index (χ1v) is 5.17. The molecule has 0 heterocycles. The number of carbonyl (C=O) groups is 2. The van der Waals surface area contributed by atoms with E-state index in [9.17, 15) is 9.59 Å². The molecule has 1 rings (SSSR count). The number of aliphatic carboxylic acids is 1. The van der Waals surface area contributed by atoms with E-state index in [2.05, 4.69) is 5.32 Å². The fourth-order valence-electron chi connectivity index (χ4n) is 2.05. The van der Waals surface area contributed by atoms with Crippen LogP contribution in [0.4, 0.5) is 0 Å². The van der Waals surface area contributed by atoms with E-state index in [4.69, 9.17) is 5.11 Å². The quantitative estimate of drug-likeness (QED) is 0.713. The summed E-state index contributed by atoms with van der Waals surface area (Å²) in [6.45, 7) is 2.41. The number of hydrogen-bond donors (Lipinski definition) is 2. The van der Waals surface area contributed by atoms with Crippen LogP contribution in [0.15, 0.2) is 0 Å². The van der Waals surface area contributed by atoms with Gasteiger partial charge in [-0.2, -0.15) is 0 Å². The second-order valence-electron chi connectivity index (χ2n) is 3.73. The molecule has 80 valence electrons. The highest BCUT2D eigenvalue weighted by Gasteiger charge is 2.35. The molecule has 1 aliphatic carbocycles. The Balaban J connectivity index is 2.62. The molecule has 0 aromatic carbocycles. The van der Waals surface area contributed by atoms with Gasteiger partial charge in [-0.3, -0.25) is 9.59 Å². The maximum atomic E-state index is 11.5. The zero-order valence-electron chi connectivity index (χ0n) is 8.45. The number of carboxylic acid groups (broad SMARTS) is 1. The highest BCUT2D eigenvalue weighted by molar-refractivity contribution is 5.84. The summed E-state index contributed by atoms with van der Waals surface area (Å²) in [5, 5.41) is 11.6. The van der Waals surface area contributed by atoms with Gasteiger partial charge in [-0.15, -0.1) is 0 Å². The summed E-state index contributed by atoms with van der Waals surface area (Å²) < 4.78 is 0. The summed E-state index contributed by atoms with van der Waals surface area (Å²) in [7, 11) is 0. The topological polar surface area (TPSA) is 66.4 Å². The first kappa shape index (κ1) is 11.0. The second kappa shape index (κ2) is 4.98. The van der Waals surface area contributed by atoms with Gasteiger partial charge in [-0.25, -0.2) is 0 Å². The third-order valence-corrected chi connectivity index (χ3v) is 2.77. The predicted molar refractivity (Wildman–Crippen MR) is 51.8 cm³/mol. The van der Waals surface area contributed by atoms with Gasteiger partial charge in [-0.1, -0.05) is 12.8 Å². The fourth-order valence-corrected chi connectivity index (χ4v) is 2.05. The second-order valence-corrected chi connectivity index (χ2v) is 3.73. The number of nitrogens with one attached hydrogen (secondary N) is 1. The smallest absolute Gasteiger partial charge is 0.307 e. The van der Waals surface area contributed by atoms with E-state index in [1.165, 1.54) is 0 Å². The molecule has 0 bridgehead atoms. The molecule has 4 heteroatoms. The number of amides is 1. The van der Waals surface area contributed by atoms with Crippen molar-refractivity contribution in [1.29, 1.82) is 0 Å². The molecule has 0 aromatic heterocycles. The largest absolute Gasteiger partial charge is 0.481 e. The fraction of sp³-hybridized carbons (Fsp3) is 0.800. The number of carbonyl (C=O) groups excluding carboxylic acids is 1. The van der Waals surface area contributed by atoms with Crippen molar-refractivity contribution in [2.75, 3.05) is 6.54 Å². The van der Waals surface area contributed by atoms with E-state index in [1.807, 2.05) is 6.92 Å². The number of hydrogen-bond acceptors (Lipinski definition) is 2. The molecule has 1 amide bonds. The lowest BCUT2D eigenvalue weighted by Gasteiger charge is -2.27. The van der Waals surface area contributed by atoms with Crippen LogP contribution in [0.1, 0.15) is 32.6 Å². The van der Waals surface area contributed by atoms with Crippen molar-refractivity contribution in [3.8, 4) is 0 Å². The van der Waals surface area contributed by atoms with Crippen LogP contribution in [0.5, 0.6) is 0 Å². The monoisotopic (exact) mass is 199 g/mol. The highest BCUT2D eigenvalue weighted by Crippen LogP contribution is 2.30. The average molecular weight is 199 g/mol. The van der Waals surface area contributed by atoms with Crippen molar-refractivity contribution in [2.45, 2.75) is 32.6 Å². The van der Waals surface area contributed by atoms with Gasteiger partial charge in [0.05, 0.1) is 11.8 Å². The Morgan fingerprint density at radius 1 is 1.29 bits per heavy atom. The van der Waals surface area contributed by atoms with Gasteiger partial charge >= 0.3 is 5.97 Å². The van der Waals surface area contributed by atoms with Crippen LogP contribution in [0.25, 0.3) is 0 Å². The summed E-state index contributed by atoms with van der Waals surface area (Å²) in [5.74, 6) is -1.72. The van der Waals surface area contributed by atoms with E-state index in [-0.39, 0.29) is 11.8 Å². The van der Waals surface area contributed by atoms with Gasteiger partial charge in [0, 0.05) is 6.54 Å². The zero-order valence-corrected chi connectivity index (χ0v) is 8.45. The first-order chi connectivity index (χ1) is 6.66. The predicted octanol–water partition coefficient (Wildman–Crippen LogP) is 1.01. The molecule has 2 N–H and O–H groups in total. The highest BCUT2D eigenvalue weighted by atomic mass is 16.4. The molecule has 1 aliphatic rings. The van der Waals surface area contributed by atoms with Crippen LogP contribution in [0.3, 0.4) is 0 Å². The van der Waals surface area contributed by atoms with E-state index < -0.39 is 11.9 Å². The molecule has 0 saturated heterocycles. The molecule has 2 atom stereocenters. The molecular formula is C10H17NO3. The average Bonchev–Trinajstić information content (AvgIpc) is 2.18. The Labute approximate surface area is 83.7 Å². The van der Waals surface area contributed by atoms with Gasteiger partial charge in [0.25, 0.3) is 0 Å². The van der Waals surface area contributed by atoms with Crippen molar-refractivity contribution < 1.29 is 14.7 Å². The Bertz CT molecular complexity index is 227. The van der Waals surface area contributed by atoms with Gasteiger partial charge < -0.3 is 10.4 Å². The minimum atomic E-state index is -0.832. The lowest BCUT2D eigenvalue weighted by Crippen LogP contribution is -2.39. The Kier molecular flexibility index (Phi) is 3.92. The number of rotatable bonds is 3. The summed E-state index contributed by atoms with van der Waals surface area (Å²) in [4.78, 5) is 22.4. The molecule has 14 heavy (non-hydrogen) atoms. The molecule has 1 saturated carbocycles. The van der Waals surface area contributed by atoms with Crippen LogP contribution in [-0.4, -0.2) is 23.5 Å². The first-order valence-electron chi connectivity index (χ1n) is 5.17. The normalized spacial score (nSPS) is 26.9. The van der Waals surface area contributed by atoms with Crippen LogP contribution in [0.2, 0.25) is 0 Å². The van der Waals surface area contributed by atoms with Crippen LogP contribution in [0, 0.1) is 11.8 Å². The van der Waals surface area contributed by atoms with Crippen molar-refractivity contribution in [1.82, 2.24) is 5.32 Å². The lowest BCUT2D eigenvalue weighted by molar-refractivity contribution is -0.148. The molecule has 0 spiro atoms. The standard InChI is InChI=1S/C10H17NO3/c1-2-11-9(12)7-5-3-4-6-8(7)10(13)14/h7-8H,2-6H2,1H3,(H,11,12)(H,13,14)/t7?,8-/m0/s1. The summed E-state index contributed by atoms with van der Waals surface area (Å²) in [5.41, 5.74) is 0. The summed E-state index contributed by atoms with van der Waals surface area (Å²) in [6, 6.07) is 0. The third-order valence-electron chi connectivity index (χ3n) is 2.77. The van der Waals surface area contributed by atoms with Gasteiger partial charge in [0.2, 0.25) is 5.91 Å². The molecule has 1 unspecified atom stereocenters. The molecule has 0 radical (unpaired) electrons. The van der Waals surface area contributed by atoms with Gasteiger partial charge in [0.15, 0.2) is 0 Å². The van der Waals surface area contributed by atoms with Crippen LogP contribution < -0.4 is 5.32 Å². The summed E-state index contributed by atoms with van der Waals surface area (Å²) >= 11 is 0. The molecule has 4 nitrogen and oxygen atoms in total. The van der Waals surface area contributed by atoms with E-state index in [0.29, 0.717) is 19.4 Å². The Hall–Kier alpha value is -1.06. The third kappa shape index (κ3) is 2.47. The lowest BCUT2D eigenvalue weighted by atomic mass is 9.79. The van der Waals surface area contributed by atoms with Gasteiger partial charge in [0.1, 0.15) is 0 Å². The van der Waals surface area contributed by atoms with Gasteiger partial charge in [-0.05, 0) is 19.8 Å². The minimum absolute atomic E-state index is 0.0976. The summed E-state index contributed by atoms with van der Waals surface area (Å²) in [6.07, 6.45) is 3.23. The van der Waals surface area contributed by atoms with Crippen molar-refractivity contribution in [3.05, 3.63) is 0 Å². The van der Waals surface area contributed by atoms with E-state index in [1.54, 1.807) is 0 Å². The Morgan fingerprint density at radius 2 is 1.86 bits per heavy atom. The maximum Gasteiger partial charge on any atom is 0.307 e. The maximum absolute atomic E-state index is 11.5. The Morgan fingerprint density at radius 3 is 2.36 bits per heavy atom. The van der Waals surface area contributed by atoms with E-state index in [0.717, 1.165) is 12.8 Å². The minimum Gasteiger partial charge on any atom is -0.481 e. The number of carboxylic acids is 1. The van der Waals surface area contributed by atoms with Crippen molar-refractivity contribution in [2.24, 2.45) is 11.8 Å². The SMILES string of the molecule is CCNC(=O)C1CCCC[C@@H]1C(=O)O. The van der Waals surface area contributed by atoms with Crippen molar-refractivity contribution >= 4 is 11.9 Å². The van der Waals surface area contributed by atoms with Crippen molar-refractivity contribution in [3.63, 3.8) is 0 Å². The molecular weight excluding hydrogens is 182 g/mol. The van der Waals surface area contributed by atoms with Crippen LogP contribution >= 0.6 is 0 Å². The molecule has 1 fully saturated rings. The molecule has 0 aliphatic heterocycles. The zero-order chi connectivity index (χ0) is 10.6. The molecule has 0 aromatic rings. The van der Waals surface area contributed by atoms with E-state index >= 15 is 0 Å². The van der Waals surface area contributed by atoms with Crippen LogP contribution in [-0.2, 0) is 9.59 Å².